The lowest BCUT2D eigenvalue weighted by Crippen LogP contribution is -2.55. The lowest BCUT2D eigenvalue weighted by atomic mass is 9.74. The number of thioether (sulfide) groups is 1. The third-order valence-electron chi connectivity index (χ3n) is 2.54. The number of carboxylic acid groups (broad SMARTS) is 1. The van der Waals surface area contributed by atoms with Gasteiger partial charge < -0.3 is 10.2 Å². The summed E-state index contributed by atoms with van der Waals surface area (Å²) in [6, 6.07) is 0. The first kappa shape index (κ1) is 9.86. The van der Waals surface area contributed by atoms with Crippen LogP contribution in [0.3, 0.4) is 0 Å². The molecule has 1 unspecified atom stereocenters. The smallest absolute Gasteiger partial charge is 0.336 e. The predicted octanol–water partition coefficient (Wildman–Crippen LogP) is 0.965. The highest BCUT2D eigenvalue weighted by atomic mass is 32.2. The Balaban J connectivity index is 2.91. The summed E-state index contributed by atoms with van der Waals surface area (Å²) in [7, 11) is 0. The normalized spacial score (nSPS) is 34.6. The lowest BCUT2D eigenvalue weighted by Gasteiger charge is -2.42. The zero-order valence-electron chi connectivity index (χ0n) is 7.33. The van der Waals surface area contributed by atoms with Gasteiger partial charge in [-0.2, -0.15) is 11.8 Å². The average molecular weight is 190 g/mol. The Hall–Kier alpha value is -0.220. The van der Waals surface area contributed by atoms with Gasteiger partial charge in [-0.1, -0.05) is 13.8 Å². The second-order valence-electron chi connectivity index (χ2n) is 3.85. The van der Waals surface area contributed by atoms with Crippen molar-refractivity contribution in [1.29, 1.82) is 0 Å². The van der Waals surface area contributed by atoms with Crippen molar-refractivity contribution in [3.63, 3.8) is 0 Å². The van der Waals surface area contributed by atoms with Crippen LogP contribution in [0.5, 0.6) is 0 Å². The van der Waals surface area contributed by atoms with Crippen LogP contribution in [0.1, 0.15) is 20.3 Å². The molecule has 0 bridgehead atoms. The van der Waals surface area contributed by atoms with Gasteiger partial charge in [0.05, 0.1) is 0 Å². The van der Waals surface area contributed by atoms with E-state index in [1.54, 1.807) is 25.6 Å². The fourth-order valence-corrected chi connectivity index (χ4v) is 2.73. The van der Waals surface area contributed by atoms with Gasteiger partial charge in [-0.3, -0.25) is 0 Å². The zero-order chi connectivity index (χ0) is 9.41. The SMILES string of the molecule is CC1(C)CSCCC1(O)C(=O)O. The third-order valence-corrected chi connectivity index (χ3v) is 3.96. The first-order valence-corrected chi connectivity index (χ1v) is 5.09. The van der Waals surface area contributed by atoms with Crippen molar-refractivity contribution in [2.45, 2.75) is 25.9 Å². The quantitative estimate of drug-likeness (QED) is 0.646. The standard InChI is InChI=1S/C8H14O3S/c1-7(2)5-12-4-3-8(7,11)6(9)10/h11H,3-5H2,1-2H3,(H,9,10). The molecule has 1 saturated heterocycles. The molecular weight excluding hydrogens is 176 g/mol. The van der Waals surface area contributed by atoms with Crippen molar-refractivity contribution >= 4 is 17.7 Å². The minimum absolute atomic E-state index is 0.347. The number of rotatable bonds is 1. The summed E-state index contributed by atoms with van der Waals surface area (Å²) in [5.41, 5.74) is -2.06. The molecule has 70 valence electrons. The van der Waals surface area contributed by atoms with Gasteiger partial charge in [0.2, 0.25) is 0 Å². The first-order valence-electron chi connectivity index (χ1n) is 3.94. The van der Waals surface area contributed by atoms with Gasteiger partial charge in [0.15, 0.2) is 5.60 Å². The average Bonchev–Trinajstić information content (AvgIpc) is 1.95. The second kappa shape index (κ2) is 2.92. The number of hydrogen-bond donors (Lipinski definition) is 2. The second-order valence-corrected chi connectivity index (χ2v) is 4.96. The molecule has 0 radical (unpaired) electrons. The molecule has 1 aliphatic heterocycles. The fourth-order valence-electron chi connectivity index (χ4n) is 1.40. The van der Waals surface area contributed by atoms with Gasteiger partial charge in [0.25, 0.3) is 0 Å². The molecule has 0 spiro atoms. The molecule has 1 aliphatic rings. The Bertz CT molecular complexity index is 202. The summed E-state index contributed by atoms with van der Waals surface area (Å²) in [5, 5.41) is 18.7. The maximum Gasteiger partial charge on any atom is 0.336 e. The first-order chi connectivity index (χ1) is 5.40. The molecule has 0 aromatic rings. The summed E-state index contributed by atoms with van der Waals surface area (Å²) >= 11 is 1.70. The zero-order valence-corrected chi connectivity index (χ0v) is 8.15. The fraction of sp³-hybridized carbons (Fsp3) is 0.875. The van der Waals surface area contributed by atoms with E-state index in [2.05, 4.69) is 0 Å². The Kier molecular flexibility index (Phi) is 2.40. The molecule has 1 atom stereocenters. The van der Waals surface area contributed by atoms with Gasteiger partial charge in [0.1, 0.15) is 0 Å². The highest BCUT2D eigenvalue weighted by Gasteiger charge is 2.51. The topological polar surface area (TPSA) is 57.5 Å². The number of hydrogen-bond acceptors (Lipinski definition) is 3. The van der Waals surface area contributed by atoms with Crippen LogP contribution in [0.2, 0.25) is 0 Å². The monoisotopic (exact) mass is 190 g/mol. The van der Waals surface area contributed by atoms with E-state index in [4.69, 9.17) is 5.11 Å². The molecule has 3 nitrogen and oxygen atoms in total. The van der Waals surface area contributed by atoms with Crippen LogP contribution < -0.4 is 0 Å². The number of aliphatic carboxylic acids is 1. The van der Waals surface area contributed by atoms with E-state index in [1.165, 1.54) is 0 Å². The minimum atomic E-state index is -1.53. The molecule has 0 aliphatic carbocycles. The molecule has 1 fully saturated rings. The van der Waals surface area contributed by atoms with Crippen molar-refractivity contribution in [3.8, 4) is 0 Å². The van der Waals surface area contributed by atoms with Crippen LogP contribution in [-0.2, 0) is 4.79 Å². The summed E-state index contributed by atoms with van der Waals surface area (Å²) in [5.74, 6) is 0.343. The maximum atomic E-state index is 10.8. The Morgan fingerprint density at radius 3 is 2.42 bits per heavy atom. The molecule has 2 N–H and O–H groups in total. The van der Waals surface area contributed by atoms with E-state index < -0.39 is 17.0 Å². The highest BCUT2D eigenvalue weighted by Crippen LogP contribution is 2.42. The molecule has 0 amide bonds. The minimum Gasteiger partial charge on any atom is -0.479 e. The molecular formula is C8H14O3S. The van der Waals surface area contributed by atoms with Gasteiger partial charge in [-0.05, 0) is 12.2 Å². The van der Waals surface area contributed by atoms with Crippen molar-refractivity contribution in [1.82, 2.24) is 0 Å². The maximum absolute atomic E-state index is 10.8. The molecule has 12 heavy (non-hydrogen) atoms. The largest absolute Gasteiger partial charge is 0.479 e. The van der Waals surface area contributed by atoms with Gasteiger partial charge in [0, 0.05) is 11.2 Å². The van der Waals surface area contributed by atoms with Crippen molar-refractivity contribution in [2.75, 3.05) is 11.5 Å². The van der Waals surface area contributed by atoms with Crippen LogP contribution in [0, 0.1) is 5.41 Å². The Labute approximate surface area is 76.2 Å². The van der Waals surface area contributed by atoms with Crippen LogP contribution in [0.25, 0.3) is 0 Å². The van der Waals surface area contributed by atoms with E-state index in [1.807, 2.05) is 0 Å². The summed E-state index contributed by atoms with van der Waals surface area (Å²) < 4.78 is 0. The third kappa shape index (κ3) is 1.33. The highest BCUT2D eigenvalue weighted by molar-refractivity contribution is 7.99. The van der Waals surface area contributed by atoms with Gasteiger partial charge in [-0.25, -0.2) is 4.79 Å². The molecule has 0 aromatic carbocycles. The van der Waals surface area contributed by atoms with Crippen molar-refractivity contribution < 1.29 is 15.0 Å². The van der Waals surface area contributed by atoms with Crippen LogP contribution in [0.4, 0.5) is 0 Å². The van der Waals surface area contributed by atoms with E-state index in [0.29, 0.717) is 12.2 Å². The molecule has 1 heterocycles. The van der Waals surface area contributed by atoms with E-state index >= 15 is 0 Å². The molecule has 0 saturated carbocycles. The van der Waals surface area contributed by atoms with Crippen LogP contribution in [-0.4, -0.2) is 33.3 Å². The van der Waals surface area contributed by atoms with Gasteiger partial charge >= 0.3 is 5.97 Å². The Morgan fingerprint density at radius 2 is 2.08 bits per heavy atom. The van der Waals surface area contributed by atoms with E-state index in [0.717, 1.165) is 5.75 Å². The number of carbonyl (C=O) groups is 1. The molecule has 1 rings (SSSR count). The van der Waals surface area contributed by atoms with Crippen LogP contribution in [0.15, 0.2) is 0 Å². The van der Waals surface area contributed by atoms with E-state index in [-0.39, 0.29) is 0 Å². The molecule has 0 aromatic heterocycles. The lowest BCUT2D eigenvalue weighted by molar-refractivity contribution is -0.171. The summed E-state index contributed by atoms with van der Waals surface area (Å²) in [4.78, 5) is 10.8. The van der Waals surface area contributed by atoms with Crippen molar-refractivity contribution in [2.24, 2.45) is 5.41 Å². The molecule has 4 heteroatoms. The van der Waals surface area contributed by atoms with Crippen LogP contribution >= 0.6 is 11.8 Å². The Morgan fingerprint density at radius 1 is 1.50 bits per heavy atom. The number of aliphatic hydroxyl groups is 1. The predicted molar refractivity (Wildman–Crippen MR) is 48.3 cm³/mol. The van der Waals surface area contributed by atoms with Crippen molar-refractivity contribution in [3.05, 3.63) is 0 Å². The van der Waals surface area contributed by atoms with Gasteiger partial charge in [-0.15, -0.1) is 0 Å². The summed E-state index contributed by atoms with van der Waals surface area (Å²) in [6.45, 7) is 3.60. The van der Waals surface area contributed by atoms with E-state index in [9.17, 15) is 9.90 Å². The summed E-state index contributed by atoms with van der Waals surface area (Å²) in [6.07, 6.45) is 0.347. The number of carboxylic acids is 1.